The van der Waals surface area contributed by atoms with Crippen LogP contribution in [0.3, 0.4) is 0 Å². The summed E-state index contributed by atoms with van der Waals surface area (Å²) in [7, 11) is 0. The first-order chi connectivity index (χ1) is 14.0. The minimum Gasteiger partial charge on any atom is -0.457 e. The lowest BCUT2D eigenvalue weighted by Crippen LogP contribution is -2.04. The van der Waals surface area contributed by atoms with Gasteiger partial charge in [0.15, 0.2) is 0 Å². The third-order valence-electron chi connectivity index (χ3n) is 4.61. The Kier molecular flexibility index (Phi) is 5.27. The molecule has 5 nitrogen and oxygen atoms in total. The summed E-state index contributed by atoms with van der Waals surface area (Å²) < 4.78 is 5.52. The second kappa shape index (κ2) is 8.01. The lowest BCUT2D eigenvalue weighted by molar-refractivity contribution is 0.0478. The molecule has 1 N–H and O–H groups in total. The predicted molar refractivity (Wildman–Crippen MR) is 117 cm³/mol. The van der Waals surface area contributed by atoms with Crippen molar-refractivity contribution in [1.82, 2.24) is 9.97 Å². The van der Waals surface area contributed by atoms with E-state index in [-0.39, 0.29) is 12.6 Å². The van der Waals surface area contributed by atoms with Gasteiger partial charge in [0.1, 0.15) is 28.5 Å². The van der Waals surface area contributed by atoms with E-state index in [1.165, 1.54) is 28.8 Å². The number of anilines is 2. The van der Waals surface area contributed by atoms with E-state index in [0.29, 0.717) is 10.7 Å². The lowest BCUT2D eigenvalue weighted by atomic mass is 10.1. The molecule has 4 aromatic rings. The van der Waals surface area contributed by atoms with Crippen molar-refractivity contribution in [2.24, 2.45) is 0 Å². The number of nitrogens with one attached hydrogen (secondary N) is 1. The number of esters is 1. The number of aryl methyl sites for hydroxylation is 3. The second-order valence-electron chi connectivity index (χ2n) is 7.02. The molecule has 2 heterocycles. The second-order valence-corrected chi connectivity index (χ2v) is 8.02. The van der Waals surface area contributed by atoms with Crippen molar-refractivity contribution in [3.8, 4) is 0 Å². The molecule has 0 saturated carbocycles. The molecule has 0 fully saturated rings. The zero-order chi connectivity index (χ0) is 20.4. The summed E-state index contributed by atoms with van der Waals surface area (Å²) in [6.45, 7) is 6.27. The molecule has 0 spiro atoms. The number of hydrogen-bond donors (Lipinski definition) is 1. The Morgan fingerprint density at radius 2 is 1.76 bits per heavy atom. The van der Waals surface area contributed by atoms with Crippen LogP contribution < -0.4 is 5.32 Å². The average molecular weight is 404 g/mol. The molecule has 0 saturated heterocycles. The number of nitrogens with zero attached hydrogens (tertiary/aromatic N) is 2. The lowest BCUT2D eigenvalue weighted by Gasteiger charge is -2.09. The van der Waals surface area contributed by atoms with Gasteiger partial charge < -0.3 is 10.1 Å². The maximum Gasteiger partial charge on any atom is 0.349 e. The maximum absolute atomic E-state index is 12.7. The molecular formula is C23H21N3O2S. The quantitative estimate of drug-likeness (QED) is 0.432. The Morgan fingerprint density at radius 3 is 2.48 bits per heavy atom. The van der Waals surface area contributed by atoms with Crippen LogP contribution in [-0.2, 0) is 11.3 Å². The van der Waals surface area contributed by atoms with Gasteiger partial charge in [-0.2, -0.15) is 0 Å². The summed E-state index contributed by atoms with van der Waals surface area (Å²) >= 11 is 1.33. The molecule has 0 aliphatic rings. The fourth-order valence-corrected chi connectivity index (χ4v) is 4.38. The smallest absolute Gasteiger partial charge is 0.349 e. The normalized spacial score (nSPS) is 10.9. The highest BCUT2D eigenvalue weighted by atomic mass is 32.1. The zero-order valence-corrected chi connectivity index (χ0v) is 17.3. The molecule has 0 unspecified atom stereocenters. The van der Waals surface area contributed by atoms with Crippen molar-refractivity contribution in [2.45, 2.75) is 27.4 Å². The first-order valence-electron chi connectivity index (χ1n) is 9.32. The molecule has 2 aromatic carbocycles. The summed E-state index contributed by atoms with van der Waals surface area (Å²) in [6, 6.07) is 15.9. The largest absolute Gasteiger partial charge is 0.457 e. The number of carbonyl (C=O) groups excluding carboxylic acids is 1. The molecule has 0 aliphatic carbocycles. The van der Waals surface area contributed by atoms with Crippen LogP contribution in [0.5, 0.6) is 0 Å². The Hall–Kier alpha value is -3.25. The van der Waals surface area contributed by atoms with Gasteiger partial charge >= 0.3 is 5.97 Å². The van der Waals surface area contributed by atoms with E-state index in [9.17, 15) is 4.79 Å². The maximum atomic E-state index is 12.7. The van der Waals surface area contributed by atoms with Gasteiger partial charge in [-0.15, -0.1) is 11.3 Å². The molecule has 0 bridgehead atoms. The van der Waals surface area contributed by atoms with Gasteiger partial charge in [0.2, 0.25) is 0 Å². The minimum absolute atomic E-state index is 0.243. The molecule has 146 valence electrons. The van der Waals surface area contributed by atoms with Gasteiger partial charge in [-0.1, -0.05) is 36.4 Å². The van der Waals surface area contributed by atoms with Crippen LogP contribution in [0.4, 0.5) is 11.5 Å². The molecule has 29 heavy (non-hydrogen) atoms. The molecule has 0 amide bonds. The number of ether oxygens (including phenoxy) is 1. The highest BCUT2D eigenvalue weighted by Gasteiger charge is 2.20. The summed E-state index contributed by atoms with van der Waals surface area (Å²) in [6.07, 6.45) is 1.52. The van der Waals surface area contributed by atoms with Crippen LogP contribution >= 0.6 is 11.3 Å². The van der Waals surface area contributed by atoms with Crippen molar-refractivity contribution in [1.29, 1.82) is 0 Å². The molecular weight excluding hydrogens is 382 g/mol. The molecule has 2 aromatic heterocycles. The fourth-order valence-electron chi connectivity index (χ4n) is 3.33. The molecule has 0 atom stereocenters. The zero-order valence-electron chi connectivity index (χ0n) is 16.5. The van der Waals surface area contributed by atoms with Crippen LogP contribution in [0.2, 0.25) is 0 Å². The molecule has 4 rings (SSSR count). The Labute approximate surface area is 173 Å². The Bertz CT molecular complexity index is 1170. The van der Waals surface area contributed by atoms with Gasteiger partial charge in [-0.3, -0.25) is 0 Å². The van der Waals surface area contributed by atoms with Crippen molar-refractivity contribution >= 4 is 39.0 Å². The topological polar surface area (TPSA) is 64.1 Å². The van der Waals surface area contributed by atoms with Gasteiger partial charge in [0.25, 0.3) is 0 Å². The van der Waals surface area contributed by atoms with Gasteiger partial charge in [0, 0.05) is 5.69 Å². The van der Waals surface area contributed by atoms with E-state index in [0.717, 1.165) is 27.0 Å². The SMILES string of the molecule is Cc1cc(C)cc(Nc2ncnc3sc(C(=O)OCc4ccccc4)c(C)c23)c1. The van der Waals surface area contributed by atoms with E-state index >= 15 is 0 Å². The molecule has 0 radical (unpaired) electrons. The number of carbonyl (C=O) groups is 1. The number of fused-ring (bicyclic) bond motifs is 1. The van der Waals surface area contributed by atoms with Crippen LogP contribution in [0, 0.1) is 20.8 Å². The number of thiophene rings is 1. The summed E-state index contributed by atoms with van der Waals surface area (Å²) in [4.78, 5) is 22.8. The van der Waals surface area contributed by atoms with Crippen molar-refractivity contribution in [3.05, 3.63) is 82.0 Å². The number of benzene rings is 2. The van der Waals surface area contributed by atoms with Gasteiger partial charge in [0.05, 0.1) is 5.39 Å². The third-order valence-corrected chi connectivity index (χ3v) is 5.79. The molecule has 0 aliphatic heterocycles. The summed E-state index contributed by atoms with van der Waals surface area (Å²) in [5.41, 5.74) is 5.09. The first-order valence-corrected chi connectivity index (χ1v) is 10.1. The highest BCUT2D eigenvalue weighted by Crippen LogP contribution is 2.35. The number of aromatic nitrogens is 2. The third kappa shape index (κ3) is 4.12. The van der Waals surface area contributed by atoms with Crippen molar-refractivity contribution < 1.29 is 9.53 Å². The van der Waals surface area contributed by atoms with Gasteiger partial charge in [-0.05, 0) is 55.2 Å². The van der Waals surface area contributed by atoms with E-state index in [1.807, 2.05) is 37.3 Å². The number of rotatable bonds is 5. The standard InChI is InChI=1S/C23H21N3O2S/c1-14-9-15(2)11-18(10-14)26-21-19-16(3)20(29-22(19)25-13-24-21)23(27)28-12-17-7-5-4-6-8-17/h4-11,13H,12H2,1-3H3,(H,24,25,26). The van der Waals surface area contributed by atoms with Crippen LogP contribution in [-0.4, -0.2) is 15.9 Å². The fraction of sp³-hybridized carbons (Fsp3) is 0.174. The van der Waals surface area contributed by atoms with Crippen LogP contribution in [0.1, 0.15) is 31.9 Å². The first kappa shape index (κ1) is 19.1. The Balaban J connectivity index is 1.63. The highest BCUT2D eigenvalue weighted by molar-refractivity contribution is 7.20. The van der Waals surface area contributed by atoms with E-state index in [4.69, 9.17) is 4.74 Å². The van der Waals surface area contributed by atoms with E-state index in [1.54, 1.807) is 0 Å². The predicted octanol–water partition coefficient (Wildman–Crippen LogP) is 5.72. The van der Waals surface area contributed by atoms with Crippen molar-refractivity contribution in [2.75, 3.05) is 5.32 Å². The van der Waals surface area contributed by atoms with Crippen molar-refractivity contribution in [3.63, 3.8) is 0 Å². The molecule has 6 heteroatoms. The minimum atomic E-state index is -0.341. The summed E-state index contributed by atoms with van der Waals surface area (Å²) in [5, 5.41) is 4.23. The average Bonchev–Trinajstić information content (AvgIpc) is 3.04. The summed E-state index contributed by atoms with van der Waals surface area (Å²) in [5.74, 6) is 0.350. The van der Waals surface area contributed by atoms with Gasteiger partial charge in [-0.25, -0.2) is 14.8 Å². The van der Waals surface area contributed by atoms with Crippen LogP contribution in [0.25, 0.3) is 10.2 Å². The monoisotopic (exact) mass is 403 g/mol. The Morgan fingerprint density at radius 1 is 1.03 bits per heavy atom. The number of hydrogen-bond acceptors (Lipinski definition) is 6. The van der Waals surface area contributed by atoms with E-state index < -0.39 is 0 Å². The van der Waals surface area contributed by atoms with E-state index in [2.05, 4.69) is 47.3 Å². The van der Waals surface area contributed by atoms with Crippen LogP contribution in [0.15, 0.2) is 54.9 Å².